The fourth-order valence-electron chi connectivity index (χ4n) is 2.22. The molecule has 0 spiro atoms. The minimum atomic E-state index is -0.329. The molecule has 2 unspecified atom stereocenters. The topological polar surface area (TPSA) is 79.8 Å². The summed E-state index contributed by atoms with van der Waals surface area (Å²) in [7, 11) is 1.64. The van der Waals surface area contributed by atoms with Crippen molar-refractivity contribution in [1.29, 1.82) is 0 Å². The van der Waals surface area contributed by atoms with Gasteiger partial charge >= 0.3 is 0 Å². The third-order valence-electron chi connectivity index (χ3n) is 3.71. The maximum Gasteiger partial charge on any atom is 0.257 e. The number of carbonyl (C=O) groups excluding carboxylic acids is 1. The molecule has 3 rings (SSSR count). The summed E-state index contributed by atoms with van der Waals surface area (Å²) >= 11 is 0. The van der Waals surface area contributed by atoms with Crippen molar-refractivity contribution in [2.24, 2.45) is 13.0 Å². The molecule has 6 nitrogen and oxygen atoms in total. The number of aromatic nitrogens is 3. The number of H-pyrrole nitrogens is 1. The average Bonchev–Trinajstić information content (AvgIpc) is 2.96. The van der Waals surface area contributed by atoms with Crippen molar-refractivity contribution >= 4 is 11.7 Å². The average molecular weight is 272 g/mol. The van der Waals surface area contributed by atoms with Gasteiger partial charge in [0.25, 0.3) is 11.5 Å². The fraction of sp³-hybridized carbons (Fsp3) is 0.357. The van der Waals surface area contributed by atoms with E-state index in [2.05, 4.69) is 22.4 Å². The molecule has 1 amide bonds. The van der Waals surface area contributed by atoms with Crippen LogP contribution in [0.5, 0.6) is 0 Å². The number of nitrogens with zero attached hydrogens (tertiary/aromatic N) is 2. The van der Waals surface area contributed by atoms with E-state index in [0.717, 1.165) is 12.1 Å². The van der Waals surface area contributed by atoms with Crippen molar-refractivity contribution in [3.05, 3.63) is 46.0 Å². The third-order valence-corrected chi connectivity index (χ3v) is 3.71. The Bertz CT molecular complexity index is 716. The molecule has 0 saturated heterocycles. The van der Waals surface area contributed by atoms with E-state index in [4.69, 9.17) is 0 Å². The second-order valence-corrected chi connectivity index (χ2v) is 5.35. The monoisotopic (exact) mass is 272 g/mol. The Hall–Kier alpha value is -2.37. The molecule has 0 radical (unpaired) electrons. The second kappa shape index (κ2) is 4.63. The molecule has 20 heavy (non-hydrogen) atoms. The van der Waals surface area contributed by atoms with Gasteiger partial charge in [0.2, 0.25) is 0 Å². The maximum absolute atomic E-state index is 12.0. The van der Waals surface area contributed by atoms with E-state index in [-0.39, 0.29) is 11.5 Å². The minimum Gasteiger partial charge on any atom is -0.319 e. The first-order chi connectivity index (χ1) is 9.54. The molecule has 2 N–H and O–H groups in total. The van der Waals surface area contributed by atoms with Gasteiger partial charge in [-0.15, -0.1) is 0 Å². The highest BCUT2D eigenvalue weighted by Crippen LogP contribution is 2.46. The molecule has 1 fully saturated rings. The number of hydrogen-bond donors (Lipinski definition) is 2. The van der Waals surface area contributed by atoms with Gasteiger partial charge in [0.15, 0.2) is 5.82 Å². The second-order valence-electron chi connectivity index (χ2n) is 5.35. The van der Waals surface area contributed by atoms with Gasteiger partial charge in [-0.25, -0.2) is 0 Å². The number of anilines is 1. The number of aryl methyl sites for hydroxylation is 1. The molecule has 0 aliphatic heterocycles. The van der Waals surface area contributed by atoms with Gasteiger partial charge in [0.1, 0.15) is 0 Å². The Labute approximate surface area is 115 Å². The molecule has 2 heterocycles. The van der Waals surface area contributed by atoms with Gasteiger partial charge in [-0.2, -0.15) is 5.10 Å². The number of aromatic amines is 1. The Morgan fingerprint density at radius 3 is 2.90 bits per heavy atom. The molecule has 0 aromatic carbocycles. The summed E-state index contributed by atoms with van der Waals surface area (Å²) in [6, 6.07) is 4.77. The Kier molecular flexibility index (Phi) is 2.93. The van der Waals surface area contributed by atoms with Gasteiger partial charge in [-0.1, -0.05) is 6.92 Å². The van der Waals surface area contributed by atoms with Crippen LogP contribution in [0.15, 0.2) is 29.2 Å². The Morgan fingerprint density at radius 2 is 2.25 bits per heavy atom. The molecule has 1 aliphatic carbocycles. The molecule has 6 heteroatoms. The van der Waals surface area contributed by atoms with Crippen LogP contribution in [-0.4, -0.2) is 20.7 Å². The van der Waals surface area contributed by atoms with Crippen molar-refractivity contribution in [2.75, 3.05) is 5.32 Å². The predicted molar refractivity (Wildman–Crippen MR) is 74.7 cm³/mol. The van der Waals surface area contributed by atoms with Gasteiger partial charge < -0.3 is 9.88 Å². The number of amides is 1. The molecule has 1 aliphatic rings. The van der Waals surface area contributed by atoms with Gasteiger partial charge in [0, 0.05) is 42.6 Å². The molecular formula is C14H16N4O2. The number of nitrogens with one attached hydrogen (secondary N) is 2. The SMILES string of the molecule is CC1CC1c1cc(NC(=O)c2ccn(C)c(=O)c2)n[nH]1. The van der Waals surface area contributed by atoms with Gasteiger partial charge in [-0.3, -0.25) is 14.7 Å². The van der Waals surface area contributed by atoms with Crippen LogP contribution in [0.1, 0.15) is 35.3 Å². The van der Waals surface area contributed by atoms with Gasteiger partial charge in [-0.05, 0) is 18.4 Å². The lowest BCUT2D eigenvalue weighted by molar-refractivity contribution is 0.102. The van der Waals surface area contributed by atoms with Crippen LogP contribution < -0.4 is 10.9 Å². The van der Waals surface area contributed by atoms with Crippen molar-refractivity contribution in [2.45, 2.75) is 19.3 Å². The quantitative estimate of drug-likeness (QED) is 0.888. The summed E-state index contributed by atoms with van der Waals surface area (Å²) in [4.78, 5) is 23.5. The highest BCUT2D eigenvalue weighted by Gasteiger charge is 2.35. The van der Waals surface area contributed by atoms with E-state index in [0.29, 0.717) is 23.2 Å². The van der Waals surface area contributed by atoms with E-state index >= 15 is 0 Å². The summed E-state index contributed by atoms with van der Waals surface area (Å²) in [5.74, 6) is 1.36. The molecule has 104 valence electrons. The molecule has 1 saturated carbocycles. The number of hydrogen-bond acceptors (Lipinski definition) is 3. The van der Waals surface area contributed by atoms with E-state index in [1.807, 2.05) is 6.07 Å². The standard InChI is InChI=1S/C14H16N4O2/c1-8-5-10(8)11-7-12(17-16-11)15-14(20)9-3-4-18(2)13(19)6-9/h3-4,6-8,10H,5H2,1-2H3,(H2,15,16,17,20). The molecule has 2 aromatic heterocycles. The van der Waals surface area contributed by atoms with E-state index in [1.165, 1.54) is 10.6 Å². The van der Waals surface area contributed by atoms with Crippen LogP contribution in [0.4, 0.5) is 5.82 Å². The number of rotatable bonds is 3. The zero-order valence-electron chi connectivity index (χ0n) is 11.4. The van der Waals surface area contributed by atoms with Crippen molar-refractivity contribution < 1.29 is 4.79 Å². The third kappa shape index (κ3) is 2.36. The lowest BCUT2D eigenvalue weighted by Gasteiger charge is -2.02. The normalized spacial score (nSPS) is 20.7. The lowest BCUT2D eigenvalue weighted by atomic mass is 10.2. The number of pyridine rings is 1. The van der Waals surface area contributed by atoms with E-state index in [9.17, 15) is 9.59 Å². The van der Waals surface area contributed by atoms with E-state index in [1.54, 1.807) is 19.3 Å². The van der Waals surface area contributed by atoms with Crippen LogP contribution in [0, 0.1) is 5.92 Å². The van der Waals surface area contributed by atoms with Crippen LogP contribution in [-0.2, 0) is 7.05 Å². The summed E-state index contributed by atoms with van der Waals surface area (Å²) in [5.41, 5.74) is 1.17. The van der Waals surface area contributed by atoms with Crippen LogP contribution in [0.2, 0.25) is 0 Å². The zero-order valence-corrected chi connectivity index (χ0v) is 11.4. The summed E-state index contributed by atoms with van der Waals surface area (Å²) in [6.45, 7) is 2.18. The first kappa shape index (κ1) is 12.7. The summed E-state index contributed by atoms with van der Waals surface area (Å²) in [6.07, 6.45) is 2.73. The molecule has 0 bridgehead atoms. The highest BCUT2D eigenvalue weighted by atomic mass is 16.2. The molecule has 2 atom stereocenters. The van der Waals surface area contributed by atoms with Gasteiger partial charge in [0.05, 0.1) is 0 Å². The Balaban J connectivity index is 1.73. The summed E-state index contributed by atoms with van der Waals surface area (Å²) < 4.78 is 1.41. The van der Waals surface area contributed by atoms with Crippen LogP contribution in [0.25, 0.3) is 0 Å². The highest BCUT2D eigenvalue weighted by molar-refractivity contribution is 6.03. The Morgan fingerprint density at radius 1 is 1.50 bits per heavy atom. The van der Waals surface area contributed by atoms with Crippen molar-refractivity contribution in [3.63, 3.8) is 0 Å². The predicted octanol–water partition coefficient (Wildman–Crippen LogP) is 1.48. The largest absolute Gasteiger partial charge is 0.319 e. The maximum atomic E-state index is 12.0. The first-order valence-corrected chi connectivity index (χ1v) is 6.58. The zero-order chi connectivity index (χ0) is 14.3. The first-order valence-electron chi connectivity index (χ1n) is 6.58. The lowest BCUT2D eigenvalue weighted by Crippen LogP contribution is -2.20. The van der Waals surface area contributed by atoms with Crippen LogP contribution in [0.3, 0.4) is 0 Å². The van der Waals surface area contributed by atoms with E-state index < -0.39 is 0 Å². The molecular weight excluding hydrogens is 256 g/mol. The summed E-state index contributed by atoms with van der Waals surface area (Å²) in [5, 5.41) is 9.72. The fourth-order valence-corrected chi connectivity index (χ4v) is 2.22. The van der Waals surface area contributed by atoms with Crippen molar-refractivity contribution in [1.82, 2.24) is 14.8 Å². The molecule has 2 aromatic rings. The number of carbonyl (C=O) groups is 1. The van der Waals surface area contributed by atoms with Crippen LogP contribution >= 0.6 is 0 Å². The minimum absolute atomic E-state index is 0.216. The van der Waals surface area contributed by atoms with Crippen molar-refractivity contribution in [3.8, 4) is 0 Å². The smallest absolute Gasteiger partial charge is 0.257 e.